The van der Waals surface area contributed by atoms with Crippen LogP contribution in [0.3, 0.4) is 0 Å². The van der Waals surface area contributed by atoms with E-state index in [1.54, 1.807) is 6.92 Å². The van der Waals surface area contributed by atoms with Gasteiger partial charge in [0.1, 0.15) is 5.82 Å². The monoisotopic (exact) mass is 265 g/mol. The molecule has 19 heavy (non-hydrogen) atoms. The fraction of sp³-hybridized carbons (Fsp3) is 0.562. The van der Waals surface area contributed by atoms with Crippen molar-refractivity contribution in [1.29, 1.82) is 0 Å². The van der Waals surface area contributed by atoms with Crippen molar-refractivity contribution in [2.24, 2.45) is 0 Å². The van der Waals surface area contributed by atoms with Crippen LogP contribution in [0.4, 0.5) is 4.39 Å². The van der Waals surface area contributed by atoms with E-state index in [1.165, 1.54) is 6.07 Å². The Bertz CT molecular complexity index is 453. The molecule has 0 fully saturated rings. The molecule has 0 amide bonds. The van der Waals surface area contributed by atoms with Crippen LogP contribution in [-0.4, -0.2) is 30.3 Å². The number of aryl methyl sites for hydroxylation is 2. The molecule has 0 aliphatic rings. The highest BCUT2D eigenvalue weighted by molar-refractivity contribution is 6.04. The summed E-state index contributed by atoms with van der Waals surface area (Å²) in [6.07, 6.45) is 1.34. The number of ketones is 1. The first-order chi connectivity index (χ1) is 8.80. The maximum atomic E-state index is 14.2. The third-order valence-corrected chi connectivity index (χ3v) is 4.11. The Labute approximate surface area is 115 Å². The summed E-state index contributed by atoms with van der Waals surface area (Å²) in [4.78, 5) is 14.8. The predicted molar refractivity (Wildman–Crippen MR) is 77.2 cm³/mol. The van der Waals surface area contributed by atoms with E-state index in [2.05, 4.69) is 0 Å². The summed E-state index contributed by atoms with van der Waals surface area (Å²) in [6.45, 7) is 7.59. The molecule has 2 nitrogen and oxygen atoms in total. The predicted octanol–water partition coefficient (Wildman–Crippen LogP) is 3.75. The lowest BCUT2D eigenvalue weighted by Crippen LogP contribution is -2.50. The van der Waals surface area contributed by atoms with Crippen LogP contribution >= 0.6 is 0 Å². The van der Waals surface area contributed by atoms with Gasteiger partial charge in [0, 0.05) is 0 Å². The maximum Gasteiger partial charge on any atom is 0.186 e. The highest BCUT2D eigenvalue weighted by atomic mass is 19.1. The second-order valence-electron chi connectivity index (χ2n) is 5.40. The average molecular weight is 265 g/mol. The van der Waals surface area contributed by atoms with Gasteiger partial charge in [0.25, 0.3) is 0 Å². The normalized spacial score (nSPS) is 12.0. The van der Waals surface area contributed by atoms with Gasteiger partial charge >= 0.3 is 0 Å². The first kappa shape index (κ1) is 15.8. The van der Waals surface area contributed by atoms with Crippen molar-refractivity contribution in [3.8, 4) is 0 Å². The molecule has 106 valence electrons. The van der Waals surface area contributed by atoms with E-state index in [0.717, 1.165) is 11.1 Å². The van der Waals surface area contributed by atoms with Crippen LogP contribution in [0, 0.1) is 19.7 Å². The molecule has 0 saturated carbocycles. The standard InChI is InChI=1S/C16H24FNO/c1-7-16(8-2,18(5)6)15(19)14-12(4)9-11(3)10-13(14)17/h9-10H,7-8H2,1-6H3. The molecule has 1 rings (SSSR count). The number of likely N-dealkylation sites (N-methyl/N-ethyl adjacent to an activating group) is 1. The fourth-order valence-corrected chi connectivity index (χ4v) is 2.84. The van der Waals surface area contributed by atoms with E-state index < -0.39 is 11.4 Å². The summed E-state index contributed by atoms with van der Waals surface area (Å²) >= 11 is 0. The van der Waals surface area contributed by atoms with Crippen LogP contribution in [-0.2, 0) is 0 Å². The Hall–Kier alpha value is -1.22. The van der Waals surface area contributed by atoms with Gasteiger partial charge in [0.2, 0.25) is 0 Å². The molecule has 0 radical (unpaired) electrons. The van der Waals surface area contributed by atoms with Gasteiger partial charge in [0.15, 0.2) is 5.78 Å². The molecule has 0 unspecified atom stereocenters. The smallest absolute Gasteiger partial charge is 0.186 e. The Balaban J connectivity index is 3.41. The van der Waals surface area contributed by atoms with E-state index in [9.17, 15) is 9.18 Å². The third-order valence-electron chi connectivity index (χ3n) is 4.11. The maximum absolute atomic E-state index is 14.2. The molecule has 0 saturated heterocycles. The largest absolute Gasteiger partial charge is 0.297 e. The minimum absolute atomic E-state index is 0.113. The summed E-state index contributed by atoms with van der Waals surface area (Å²) in [6, 6.07) is 3.30. The molecule has 0 heterocycles. The molecule has 0 bridgehead atoms. The van der Waals surface area contributed by atoms with Crippen molar-refractivity contribution in [2.75, 3.05) is 14.1 Å². The van der Waals surface area contributed by atoms with Gasteiger partial charge in [-0.25, -0.2) is 4.39 Å². The second kappa shape index (κ2) is 5.83. The van der Waals surface area contributed by atoms with Crippen molar-refractivity contribution in [1.82, 2.24) is 4.90 Å². The van der Waals surface area contributed by atoms with Crippen LogP contribution < -0.4 is 0 Å². The number of nitrogens with zero attached hydrogens (tertiary/aromatic N) is 1. The van der Waals surface area contributed by atoms with Gasteiger partial charge in [-0.1, -0.05) is 19.9 Å². The zero-order chi connectivity index (χ0) is 14.8. The van der Waals surface area contributed by atoms with E-state index in [4.69, 9.17) is 0 Å². The number of Topliss-reactive ketones (excluding diaryl/α,β-unsaturated/α-hetero) is 1. The van der Waals surface area contributed by atoms with Gasteiger partial charge in [-0.05, 0) is 58.0 Å². The number of rotatable bonds is 5. The first-order valence-electron chi connectivity index (χ1n) is 6.79. The SMILES string of the molecule is CCC(CC)(C(=O)c1c(C)cc(C)cc1F)N(C)C. The highest BCUT2D eigenvalue weighted by Crippen LogP contribution is 2.29. The Kier molecular flexibility index (Phi) is 4.86. The van der Waals surface area contributed by atoms with Crippen molar-refractivity contribution < 1.29 is 9.18 Å². The van der Waals surface area contributed by atoms with E-state index in [1.807, 2.05) is 45.8 Å². The quantitative estimate of drug-likeness (QED) is 0.756. The lowest BCUT2D eigenvalue weighted by Gasteiger charge is -2.37. The zero-order valence-electron chi connectivity index (χ0n) is 12.8. The van der Waals surface area contributed by atoms with Crippen molar-refractivity contribution >= 4 is 5.78 Å². The second-order valence-corrected chi connectivity index (χ2v) is 5.40. The Morgan fingerprint density at radius 3 is 2.11 bits per heavy atom. The first-order valence-corrected chi connectivity index (χ1v) is 6.79. The molecule has 0 aliphatic carbocycles. The summed E-state index contributed by atoms with van der Waals surface area (Å²) in [5, 5.41) is 0. The van der Waals surface area contributed by atoms with Crippen molar-refractivity contribution in [3.05, 3.63) is 34.6 Å². The molecule has 3 heteroatoms. The van der Waals surface area contributed by atoms with Gasteiger partial charge in [-0.2, -0.15) is 0 Å². The van der Waals surface area contributed by atoms with E-state index in [-0.39, 0.29) is 11.3 Å². The average Bonchev–Trinajstić information content (AvgIpc) is 2.29. The minimum Gasteiger partial charge on any atom is -0.297 e. The lowest BCUT2D eigenvalue weighted by atomic mass is 9.81. The van der Waals surface area contributed by atoms with Crippen LogP contribution in [0.25, 0.3) is 0 Å². The summed E-state index contributed by atoms with van der Waals surface area (Å²) < 4.78 is 14.2. The third kappa shape index (κ3) is 2.71. The summed E-state index contributed by atoms with van der Waals surface area (Å²) in [5.74, 6) is -0.520. The van der Waals surface area contributed by atoms with Crippen LogP contribution in [0.5, 0.6) is 0 Å². The molecule has 1 aromatic carbocycles. The highest BCUT2D eigenvalue weighted by Gasteiger charge is 2.39. The molecule has 0 aromatic heterocycles. The molecular weight excluding hydrogens is 241 g/mol. The number of carbonyl (C=O) groups is 1. The van der Waals surface area contributed by atoms with Crippen LogP contribution in [0.15, 0.2) is 12.1 Å². The van der Waals surface area contributed by atoms with Crippen LogP contribution in [0.1, 0.15) is 48.2 Å². The van der Waals surface area contributed by atoms with Gasteiger partial charge < -0.3 is 0 Å². The number of carbonyl (C=O) groups excluding carboxylic acids is 1. The number of hydrogen-bond donors (Lipinski definition) is 0. The summed E-state index contributed by atoms with van der Waals surface area (Å²) in [7, 11) is 3.76. The number of halogens is 1. The van der Waals surface area contributed by atoms with E-state index in [0.29, 0.717) is 12.8 Å². The Morgan fingerprint density at radius 2 is 1.74 bits per heavy atom. The number of benzene rings is 1. The number of hydrogen-bond acceptors (Lipinski definition) is 2. The van der Waals surface area contributed by atoms with Crippen molar-refractivity contribution in [3.63, 3.8) is 0 Å². The molecule has 0 aliphatic heterocycles. The lowest BCUT2D eigenvalue weighted by molar-refractivity contribution is 0.0651. The fourth-order valence-electron chi connectivity index (χ4n) is 2.84. The molecule has 0 spiro atoms. The molecular formula is C16H24FNO. The minimum atomic E-state index is -0.624. The topological polar surface area (TPSA) is 20.3 Å². The Morgan fingerprint density at radius 1 is 1.21 bits per heavy atom. The van der Waals surface area contributed by atoms with Gasteiger partial charge in [-0.15, -0.1) is 0 Å². The van der Waals surface area contributed by atoms with E-state index >= 15 is 0 Å². The van der Waals surface area contributed by atoms with Crippen LogP contribution in [0.2, 0.25) is 0 Å². The summed E-state index contributed by atoms with van der Waals surface area (Å²) in [5.41, 5.74) is 1.18. The van der Waals surface area contributed by atoms with Gasteiger partial charge in [-0.3, -0.25) is 9.69 Å². The molecule has 0 N–H and O–H groups in total. The molecule has 0 atom stereocenters. The molecule has 1 aromatic rings. The van der Waals surface area contributed by atoms with Gasteiger partial charge in [0.05, 0.1) is 11.1 Å². The zero-order valence-corrected chi connectivity index (χ0v) is 12.8. The van der Waals surface area contributed by atoms with Crippen molar-refractivity contribution in [2.45, 2.75) is 46.1 Å².